The predicted octanol–water partition coefficient (Wildman–Crippen LogP) is 4.44. The SMILES string of the molecule is COc1cc2ncc3c(N)nc(-c4cncc(OC[C@@H]5CN5C(=O)OC(C)(C)C)c4)cc3c2cc1OC. The number of hydrogen-bond donors (Lipinski definition) is 1. The second-order valence-corrected chi connectivity index (χ2v) is 9.84. The lowest BCUT2D eigenvalue weighted by atomic mass is 10.0. The van der Waals surface area contributed by atoms with Gasteiger partial charge in [0.25, 0.3) is 0 Å². The van der Waals surface area contributed by atoms with Gasteiger partial charge in [-0.15, -0.1) is 0 Å². The fourth-order valence-corrected chi connectivity index (χ4v) is 4.10. The second kappa shape index (κ2) is 9.27. The van der Waals surface area contributed by atoms with Crippen LogP contribution in [0.4, 0.5) is 10.6 Å². The van der Waals surface area contributed by atoms with E-state index in [1.165, 1.54) is 0 Å². The molecule has 4 aromatic rings. The van der Waals surface area contributed by atoms with Gasteiger partial charge < -0.3 is 24.7 Å². The van der Waals surface area contributed by atoms with E-state index in [0.29, 0.717) is 41.9 Å². The van der Waals surface area contributed by atoms with Crippen LogP contribution < -0.4 is 19.9 Å². The van der Waals surface area contributed by atoms with Crippen LogP contribution in [0, 0.1) is 0 Å². The Morgan fingerprint density at radius 3 is 2.51 bits per heavy atom. The Labute approximate surface area is 214 Å². The molecule has 0 aliphatic carbocycles. The summed E-state index contributed by atoms with van der Waals surface area (Å²) in [5.74, 6) is 2.12. The molecule has 1 fully saturated rings. The summed E-state index contributed by atoms with van der Waals surface area (Å²) >= 11 is 0. The zero-order valence-electron chi connectivity index (χ0n) is 21.4. The van der Waals surface area contributed by atoms with Gasteiger partial charge in [0.05, 0.1) is 37.7 Å². The van der Waals surface area contributed by atoms with Crippen LogP contribution in [0.15, 0.2) is 42.9 Å². The molecule has 1 atom stereocenters. The number of fused-ring (bicyclic) bond motifs is 3. The molecule has 192 valence electrons. The highest BCUT2D eigenvalue weighted by Crippen LogP contribution is 2.37. The quantitative estimate of drug-likeness (QED) is 0.300. The lowest BCUT2D eigenvalue weighted by Crippen LogP contribution is -2.28. The molecule has 0 spiro atoms. The van der Waals surface area contributed by atoms with E-state index in [1.54, 1.807) is 37.7 Å². The number of hydrogen-bond acceptors (Lipinski definition) is 9. The summed E-state index contributed by atoms with van der Waals surface area (Å²) in [6, 6.07) is 7.50. The molecule has 0 saturated carbocycles. The molecule has 1 saturated heterocycles. The first kappa shape index (κ1) is 24.4. The van der Waals surface area contributed by atoms with Crippen LogP contribution in [0.5, 0.6) is 17.2 Å². The van der Waals surface area contributed by atoms with Crippen LogP contribution in [-0.2, 0) is 4.74 Å². The Hall–Kier alpha value is -4.34. The summed E-state index contributed by atoms with van der Waals surface area (Å²) in [6.07, 6.45) is 4.71. The molecule has 3 aromatic heterocycles. The van der Waals surface area contributed by atoms with Crippen molar-refractivity contribution in [1.29, 1.82) is 0 Å². The fraction of sp³-hybridized carbons (Fsp3) is 0.333. The fourth-order valence-electron chi connectivity index (χ4n) is 4.10. The summed E-state index contributed by atoms with van der Waals surface area (Å²) in [7, 11) is 3.18. The Morgan fingerprint density at radius 1 is 1.03 bits per heavy atom. The number of carbonyl (C=O) groups excluding carboxylic acids is 1. The Balaban J connectivity index is 1.41. The first-order valence-corrected chi connectivity index (χ1v) is 11.9. The Bertz CT molecular complexity index is 1500. The van der Waals surface area contributed by atoms with Crippen molar-refractivity contribution in [2.45, 2.75) is 32.4 Å². The van der Waals surface area contributed by atoms with Gasteiger partial charge in [-0.2, -0.15) is 0 Å². The molecule has 10 nitrogen and oxygen atoms in total. The standard InChI is InChI=1S/C27H29N5O5/c1-27(2,3)37-26(33)32-13-16(32)14-36-17-6-15(10-29-11-17)21-7-18-19-8-23(34-4)24(35-5)9-22(19)30-12-20(18)25(28)31-21/h6-12,16H,13-14H2,1-5H3,(H2,28,31)/t16-,32?/m0/s1. The number of nitrogens with zero attached hydrogens (tertiary/aromatic N) is 4. The molecule has 1 amide bonds. The first-order chi connectivity index (χ1) is 17.7. The van der Waals surface area contributed by atoms with E-state index in [0.717, 1.165) is 27.2 Å². The van der Waals surface area contributed by atoms with Crippen LogP contribution in [0.25, 0.3) is 32.9 Å². The number of anilines is 1. The average molecular weight is 504 g/mol. The van der Waals surface area contributed by atoms with Crippen LogP contribution in [0.3, 0.4) is 0 Å². The van der Waals surface area contributed by atoms with Gasteiger partial charge in [0.15, 0.2) is 11.5 Å². The summed E-state index contributed by atoms with van der Waals surface area (Å²) in [5, 5.41) is 2.48. The molecule has 5 rings (SSSR count). The van der Waals surface area contributed by atoms with Gasteiger partial charge >= 0.3 is 6.09 Å². The largest absolute Gasteiger partial charge is 0.493 e. The van der Waals surface area contributed by atoms with Crippen molar-refractivity contribution < 1.29 is 23.7 Å². The van der Waals surface area contributed by atoms with Crippen molar-refractivity contribution in [3.05, 3.63) is 42.9 Å². The molecule has 0 radical (unpaired) electrons. The molecule has 1 aliphatic rings. The number of benzene rings is 1. The lowest BCUT2D eigenvalue weighted by Gasteiger charge is -2.20. The smallest absolute Gasteiger partial charge is 0.410 e. The predicted molar refractivity (Wildman–Crippen MR) is 140 cm³/mol. The minimum atomic E-state index is -0.531. The van der Waals surface area contributed by atoms with Crippen molar-refractivity contribution >= 4 is 33.6 Å². The number of ether oxygens (including phenoxy) is 4. The Morgan fingerprint density at radius 2 is 1.78 bits per heavy atom. The van der Waals surface area contributed by atoms with Crippen molar-refractivity contribution in [2.75, 3.05) is 33.1 Å². The van der Waals surface area contributed by atoms with E-state index >= 15 is 0 Å². The zero-order valence-corrected chi connectivity index (χ0v) is 21.4. The van der Waals surface area contributed by atoms with Crippen molar-refractivity contribution in [1.82, 2.24) is 19.9 Å². The number of amides is 1. The maximum Gasteiger partial charge on any atom is 0.410 e. The molecule has 37 heavy (non-hydrogen) atoms. The number of pyridine rings is 3. The van der Waals surface area contributed by atoms with E-state index < -0.39 is 5.60 Å². The lowest BCUT2D eigenvalue weighted by molar-refractivity contribution is 0.0398. The number of nitrogens with two attached hydrogens (primary N) is 1. The molecule has 2 N–H and O–H groups in total. The molecule has 0 bridgehead atoms. The highest BCUT2D eigenvalue weighted by atomic mass is 16.6. The van der Waals surface area contributed by atoms with Crippen molar-refractivity contribution in [3.63, 3.8) is 0 Å². The molecule has 1 aliphatic heterocycles. The topological polar surface area (TPSA) is 122 Å². The average Bonchev–Trinajstić information content (AvgIpc) is 3.65. The molecule has 1 aromatic carbocycles. The maximum absolute atomic E-state index is 12.2. The summed E-state index contributed by atoms with van der Waals surface area (Å²) in [4.78, 5) is 27.3. The maximum atomic E-state index is 12.2. The molecule has 10 heteroatoms. The van der Waals surface area contributed by atoms with E-state index in [-0.39, 0.29) is 12.1 Å². The third kappa shape index (κ3) is 5.00. The molecular weight excluding hydrogens is 474 g/mol. The first-order valence-electron chi connectivity index (χ1n) is 11.9. The highest BCUT2D eigenvalue weighted by molar-refractivity contribution is 6.10. The summed E-state index contributed by atoms with van der Waals surface area (Å²) < 4.78 is 22.3. The molecule has 4 heterocycles. The minimum absolute atomic E-state index is 0.0289. The van der Waals surface area contributed by atoms with E-state index in [4.69, 9.17) is 24.7 Å². The number of methoxy groups -OCH3 is 2. The van der Waals surface area contributed by atoms with Crippen LogP contribution in [-0.4, -0.2) is 65.0 Å². The second-order valence-electron chi connectivity index (χ2n) is 9.84. The van der Waals surface area contributed by atoms with E-state index in [2.05, 4.69) is 15.0 Å². The number of aromatic nitrogens is 3. The van der Waals surface area contributed by atoms with E-state index in [9.17, 15) is 4.79 Å². The van der Waals surface area contributed by atoms with Crippen molar-refractivity contribution in [2.24, 2.45) is 0 Å². The van der Waals surface area contributed by atoms with Gasteiger partial charge in [-0.1, -0.05) is 0 Å². The van der Waals surface area contributed by atoms with Gasteiger partial charge in [-0.3, -0.25) is 14.9 Å². The third-order valence-electron chi connectivity index (χ3n) is 6.01. The third-order valence-corrected chi connectivity index (χ3v) is 6.01. The van der Waals surface area contributed by atoms with Gasteiger partial charge in [0.2, 0.25) is 0 Å². The van der Waals surface area contributed by atoms with Gasteiger partial charge in [-0.05, 0) is 44.4 Å². The number of rotatable bonds is 6. The number of nitrogen functional groups attached to an aromatic ring is 1. The highest BCUT2D eigenvalue weighted by Gasteiger charge is 2.41. The zero-order chi connectivity index (χ0) is 26.3. The summed E-state index contributed by atoms with van der Waals surface area (Å²) in [6.45, 7) is 6.47. The molecule has 0 unspecified atom stereocenters. The normalized spacial score (nSPS) is 15.1. The van der Waals surface area contributed by atoms with Crippen molar-refractivity contribution in [3.8, 4) is 28.5 Å². The summed E-state index contributed by atoms with van der Waals surface area (Å²) in [5.41, 5.74) is 7.94. The molecular formula is C27H29N5O5. The van der Waals surface area contributed by atoms with E-state index in [1.807, 2.05) is 45.0 Å². The van der Waals surface area contributed by atoms with Crippen LogP contribution >= 0.6 is 0 Å². The minimum Gasteiger partial charge on any atom is -0.493 e. The van der Waals surface area contributed by atoms with Gasteiger partial charge in [0.1, 0.15) is 23.8 Å². The number of carbonyl (C=O) groups is 1. The van der Waals surface area contributed by atoms with Gasteiger partial charge in [0, 0.05) is 41.3 Å². The van der Waals surface area contributed by atoms with Crippen LogP contribution in [0.2, 0.25) is 0 Å². The van der Waals surface area contributed by atoms with Gasteiger partial charge in [-0.25, -0.2) is 9.78 Å². The van der Waals surface area contributed by atoms with Crippen LogP contribution in [0.1, 0.15) is 20.8 Å². The monoisotopic (exact) mass is 503 g/mol. The Kier molecular flexibility index (Phi) is 6.10.